The summed E-state index contributed by atoms with van der Waals surface area (Å²) in [4.78, 5) is 0. The number of hydrogen-bond acceptors (Lipinski definition) is 4. The van der Waals surface area contributed by atoms with Crippen LogP contribution in [0.25, 0.3) is 0 Å². The van der Waals surface area contributed by atoms with Crippen molar-refractivity contribution in [3.8, 4) is 11.5 Å². The Morgan fingerprint density at radius 1 is 1.29 bits per heavy atom. The zero-order valence-electron chi connectivity index (χ0n) is 12.4. The van der Waals surface area contributed by atoms with Crippen LogP contribution in [0.1, 0.15) is 31.7 Å². The fourth-order valence-corrected chi connectivity index (χ4v) is 4.40. The van der Waals surface area contributed by atoms with Crippen LogP contribution in [0.15, 0.2) is 12.1 Å². The van der Waals surface area contributed by atoms with Gasteiger partial charge in [-0.05, 0) is 43.2 Å². The van der Waals surface area contributed by atoms with Crippen molar-refractivity contribution >= 4 is 23.4 Å². The predicted molar refractivity (Wildman–Crippen MR) is 88.9 cm³/mol. The largest absolute Gasteiger partial charge is 0.489 e. The molecule has 1 aromatic rings. The third kappa shape index (κ3) is 3.79. The molecule has 0 aromatic heterocycles. The maximum Gasteiger partial charge on any atom is 0.179 e. The van der Waals surface area contributed by atoms with Gasteiger partial charge in [-0.2, -0.15) is 11.8 Å². The zero-order valence-corrected chi connectivity index (χ0v) is 14.0. The lowest BCUT2D eigenvalue weighted by Gasteiger charge is -2.23. The molecule has 1 unspecified atom stereocenters. The number of ether oxygens (including phenoxy) is 2. The Kier molecular flexibility index (Phi) is 4.87. The van der Waals surface area contributed by atoms with Gasteiger partial charge < -0.3 is 14.8 Å². The third-order valence-electron chi connectivity index (χ3n) is 3.99. The second-order valence-electron chi connectivity index (χ2n) is 5.96. The van der Waals surface area contributed by atoms with Gasteiger partial charge in [0.15, 0.2) is 11.5 Å². The van der Waals surface area contributed by atoms with Crippen LogP contribution in [0.5, 0.6) is 11.5 Å². The summed E-state index contributed by atoms with van der Waals surface area (Å²) < 4.78 is 11.8. The van der Waals surface area contributed by atoms with Gasteiger partial charge in [0.2, 0.25) is 0 Å². The molecule has 1 N–H and O–H groups in total. The molecule has 1 atom stereocenters. The number of benzene rings is 1. The molecule has 0 bridgehead atoms. The van der Waals surface area contributed by atoms with Crippen molar-refractivity contribution in [2.24, 2.45) is 0 Å². The van der Waals surface area contributed by atoms with Crippen molar-refractivity contribution in [3.05, 3.63) is 22.7 Å². The number of halogens is 1. The van der Waals surface area contributed by atoms with E-state index >= 15 is 0 Å². The standard InChI is InChI=1S/C16H22ClNO2S/c1-16(4-2-7-21-16)11-18-10-12-8-13(17)15-14(9-12)19-5-3-6-20-15/h8-9,18H,2-7,10-11H2,1H3. The van der Waals surface area contributed by atoms with Crippen LogP contribution in [-0.2, 0) is 6.54 Å². The fraction of sp³-hybridized carbons (Fsp3) is 0.625. The van der Waals surface area contributed by atoms with Crippen LogP contribution in [0.3, 0.4) is 0 Å². The first-order valence-corrected chi connectivity index (χ1v) is 8.95. The molecular formula is C16H22ClNO2S. The SMILES string of the molecule is CC1(CNCc2cc(Cl)c3c(c2)OCCCO3)CCCS1. The second kappa shape index (κ2) is 6.67. The number of fused-ring (bicyclic) bond motifs is 1. The zero-order chi connectivity index (χ0) is 14.7. The highest BCUT2D eigenvalue weighted by atomic mass is 35.5. The summed E-state index contributed by atoms with van der Waals surface area (Å²) in [5.74, 6) is 2.75. The van der Waals surface area contributed by atoms with Crippen LogP contribution in [0, 0.1) is 0 Å². The highest BCUT2D eigenvalue weighted by Gasteiger charge is 2.28. The summed E-state index contributed by atoms with van der Waals surface area (Å²) in [6.45, 7) is 5.55. The predicted octanol–water partition coefficient (Wildman–Crippen LogP) is 3.88. The Bertz CT molecular complexity index is 503. The molecule has 0 saturated carbocycles. The first-order valence-electron chi connectivity index (χ1n) is 7.59. The van der Waals surface area contributed by atoms with E-state index in [9.17, 15) is 0 Å². The van der Waals surface area contributed by atoms with Crippen LogP contribution in [0.2, 0.25) is 5.02 Å². The van der Waals surface area contributed by atoms with Crippen molar-refractivity contribution in [1.82, 2.24) is 5.32 Å². The number of rotatable bonds is 4. The van der Waals surface area contributed by atoms with Gasteiger partial charge in [-0.25, -0.2) is 0 Å². The third-order valence-corrected chi connectivity index (χ3v) is 5.81. The smallest absolute Gasteiger partial charge is 0.179 e. The number of nitrogens with one attached hydrogen (secondary N) is 1. The minimum absolute atomic E-state index is 0.384. The monoisotopic (exact) mass is 327 g/mol. The quantitative estimate of drug-likeness (QED) is 0.909. The van der Waals surface area contributed by atoms with Crippen LogP contribution >= 0.6 is 23.4 Å². The molecule has 1 aromatic carbocycles. The molecule has 116 valence electrons. The van der Waals surface area contributed by atoms with Gasteiger partial charge >= 0.3 is 0 Å². The Morgan fingerprint density at radius 2 is 2.14 bits per heavy atom. The van der Waals surface area contributed by atoms with Crippen molar-refractivity contribution < 1.29 is 9.47 Å². The molecular weight excluding hydrogens is 306 g/mol. The van der Waals surface area contributed by atoms with Gasteiger partial charge in [0.1, 0.15) is 0 Å². The van der Waals surface area contributed by atoms with Gasteiger partial charge in [0.05, 0.1) is 18.2 Å². The van der Waals surface area contributed by atoms with E-state index in [1.807, 2.05) is 12.1 Å². The second-order valence-corrected chi connectivity index (χ2v) is 8.05. The Hall–Kier alpha value is -0.580. The summed E-state index contributed by atoms with van der Waals surface area (Å²) in [6, 6.07) is 4.02. The minimum atomic E-state index is 0.384. The van der Waals surface area contributed by atoms with Gasteiger partial charge in [-0.1, -0.05) is 11.6 Å². The summed E-state index contributed by atoms with van der Waals surface area (Å²) in [5, 5.41) is 4.20. The molecule has 1 saturated heterocycles. The molecule has 5 heteroatoms. The van der Waals surface area contributed by atoms with E-state index in [2.05, 4.69) is 24.0 Å². The van der Waals surface area contributed by atoms with E-state index in [-0.39, 0.29) is 0 Å². The Morgan fingerprint density at radius 3 is 2.95 bits per heavy atom. The van der Waals surface area contributed by atoms with E-state index in [4.69, 9.17) is 21.1 Å². The first-order chi connectivity index (χ1) is 10.2. The highest BCUT2D eigenvalue weighted by Crippen LogP contribution is 2.39. The molecule has 0 amide bonds. The van der Waals surface area contributed by atoms with E-state index in [1.54, 1.807) is 0 Å². The fourth-order valence-electron chi connectivity index (χ4n) is 2.83. The van der Waals surface area contributed by atoms with Crippen molar-refractivity contribution in [2.45, 2.75) is 37.5 Å². The van der Waals surface area contributed by atoms with E-state index in [1.165, 1.54) is 18.6 Å². The lowest BCUT2D eigenvalue weighted by molar-refractivity contribution is 0.297. The number of thioether (sulfide) groups is 1. The van der Waals surface area contributed by atoms with E-state index < -0.39 is 0 Å². The van der Waals surface area contributed by atoms with Gasteiger partial charge in [0, 0.05) is 24.3 Å². The van der Waals surface area contributed by atoms with Gasteiger partial charge in [0.25, 0.3) is 0 Å². The van der Waals surface area contributed by atoms with Crippen LogP contribution < -0.4 is 14.8 Å². The summed E-state index contributed by atoms with van der Waals surface area (Å²) in [6.07, 6.45) is 3.53. The molecule has 2 heterocycles. The molecule has 3 rings (SSSR count). The molecule has 2 aliphatic rings. The maximum absolute atomic E-state index is 6.32. The van der Waals surface area contributed by atoms with Crippen molar-refractivity contribution in [2.75, 3.05) is 25.5 Å². The topological polar surface area (TPSA) is 30.5 Å². The van der Waals surface area contributed by atoms with Crippen molar-refractivity contribution in [3.63, 3.8) is 0 Å². The molecule has 0 radical (unpaired) electrons. The lowest BCUT2D eigenvalue weighted by Crippen LogP contribution is -2.32. The average Bonchev–Trinajstić information content (AvgIpc) is 2.73. The normalized spacial score (nSPS) is 24.9. The van der Waals surface area contributed by atoms with Gasteiger partial charge in [-0.15, -0.1) is 0 Å². The summed E-state index contributed by atoms with van der Waals surface area (Å²) in [7, 11) is 0. The summed E-state index contributed by atoms with van der Waals surface area (Å²) in [5.41, 5.74) is 1.15. The van der Waals surface area contributed by atoms with E-state index in [0.717, 1.165) is 30.8 Å². The average molecular weight is 328 g/mol. The molecule has 0 aliphatic carbocycles. The first kappa shape index (κ1) is 15.3. The lowest BCUT2D eigenvalue weighted by atomic mass is 10.1. The van der Waals surface area contributed by atoms with Crippen LogP contribution in [-0.4, -0.2) is 30.3 Å². The molecule has 1 fully saturated rings. The Balaban J connectivity index is 1.63. The van der Waals surface area contributed by atoms with Crippen LogP contribution in [0.4, 0.5) is 0 Å². The van der Waals surface area contributed by atoms with Gasteiger partial charge in [-0.3, -0.25) is 0 Å². The summed E-state index contributed by atoms with van der Waals surface area (Å²) >= 11 is 8.39. The molecule has 2 aliphatic heterocycles. The minimum Gasteiger partial charge on any atom is -0.489 e. The highest BCUT2D eigenvalue weighted by molar-refractivity contribution is 8.00. The molecule has 21 heavy (non-hydrogen) atoms. The van der Waals surface area contributed by atoms with Crippen molar-refractivity contribution in [1.29, 1.82) is 0 Å². The van der Waals surface area contributed by atoms with E-state index in [0.29, 0.717) is 28.7 Å². The molecule has 3 nitrogen and oxygen atoms in total. The molecule has 0 spiro atoms. The maximum atomic E-state index is 6.32. The number of hydrogen-bond donors (Lipinski definition) is 1. The Labute approximate surface area is 135 Å².